The number of nitrogens with two attached hydrogens (primary N) is 1. The van der Waals surface area contributed by atoms with E-state index in [0.29, 0.717) is 18.2 Å². The molecule has 0 saturated heterocycles. The summed E-state index contributed by atoms with van der Waals surface area (Å²) in [7, 11) is 0. The zero-order valence-electron chi connectivity index (χ0n) is 18.6. The summed E-state index contributed by atoms with van der Waals surface area (Å²) < 4.78 is 0. The van der Waals surface area contributed by atoms with Crippen molar-refractivity contribution in [2.45, 2.75) is 65.5 Å². The maximum absolute atomic E-state index is 10.6. The summed E-state index contributed by atoms with van der Waals surface area (Å²) in [5.41, 5.74) is 10.5. The Labute approximate surface area is 197 Å². The van der Waals surface area contributed by atoms with Gasteiger partial charge in [0.05, 0.1) is 0 Å². The van der Waals surface area contributed by atoms with Gasteiger partial charge in [-0.05, 0) is 62.3 Å². The molecule has 1 fully saturated rings. The molecule has 0 bridgehead atoms. The molecule has 1 saturated carbocycles. The van der Waals surface area contributed by atoms with Crippen molar-refractivity contribution in [3.8, 4) is 0 Å². The number of hydrogen-bond acceptors (Lipinski definition) is 3. The minimum atomic E-state index is 0.375. The average Bonchev–Trinajstić information content (AvgIpc) is 3.36. The predicted octanol–water partition coefficient (Wildman–Crippen LogP) is 7.06. The number of benzene rings is 2. The third kappa shape index (κ3) is 8.68. The molecule has 0 aromatic heterocycles. The standard InChI is InChI=1S/C13H16ClN.C7H8ClN.C6H10O/c1-10-5-4-8-13(10)15-9-11-6-2-3-7-12(11)14;8-7-4-2-1-3-6(7)5-9;1-5-3-2-4-6(5)7/h2-3,6-7,15H,4-5,8-9H2,1H3;1-4H,5,9H2;5H,2-4H2,1H3. The van der Waals surface area contributed by atoms with Crippen LogP contribution in [0, 0.1) is 5.92 Å². The van der Waals surface area contributed by atoms with E-state index in [1.165, 1.54) is 36.1 Å². The molecular formula is C26H34Cl2N2O. The fraction of sp³-hybridized carbons (Fsp3) is 0.423. The van der Waals surface area contributed by atoms with Gasteiger partial charge in [-0.15, -0.1) is 0 Å². The molecule has 1 atom stereocenters. The smallest absolute Gasteiger partial charge is 0.135 e. The van der Waals surface area contributed by atoms with E-state index in [2.05, 4.69) is 18.3 Å². The predicted molar refractivity (Wildman–Crippen MR) is 132 cm³/mol. The van der Waals surface area contributed by atoms with Gasteiger partial charge in [-0.3, -0.25) is 4.79 Å². The normalized spacial score (nSPS) is 17.6. The quantitative estimate of drug-likeness (QED) is 0.512. The largest absolute Gasteiger partial charge is 0.384 e. The van der Waals surface area contributed by atoms with E-state index < -0.39 is 0 Å². The Hall–Kier alpha value is -1.81. The first-order valence-corrected chi connectivity index (χ1v) is 11.8. The average molecular weight is 461 g/mol. The van der Waals surface area contributed by atoms with Crippen LogP contribution < -0.4 is 11.1 Å². The lowest BCUT2D eigenvalue weighted by atomic mass is 10.1. The second-order valence-corrected chi connectivity index (χ2v) is 8.93. The molecule has 3 N–H and O–H groups in total. The summed E-state index contributed by atoms with van der Waals surface area (Å²) in [6.45, 7) is 5.57. The Balaban J connectivity index is 0.000000181. The van der Waals surface area contributed by atoms with Crippen LogP contribution in [0.4, 0.5) is 0 Å². The van der Waals surface area contributed by atoms with Gasteiger partial charge in [-0.1, -0.05) is 72.1 Å². The van der Waals surface area contributed by atoms with Crippen molar-refractivity contribution in [3.05, 3.63) is 81.0 Å². The molecule has 2 aliphatic carbocycles. The fourth-order valence-electron chi connectivity index (χ4n) is 3.63. The molecule has 0 spiro atoms. The van der Waals surface area contributed by atoms with Gasteiger partial charge in [-0.25, -0.2) is 0 Å². The first-order chi connectivity index (χ1) is 14.9. The van der Waals surface area contributed by atoms with Gasteiger partial charge in [0.1, 0.15) is 5.78 Å². The van der Waals surface area contributed by atoms with Crippen LogP contribution in [0.1, 0.15) is 63.5 Å². The highest BCUT2D eigenvalue weighted by Gasteiger charge is 2.18. The Morgan fingerprint density at radius 2 is 1.55 bits per heavy atom. The SMILES string of the molecule is CC1=C(NCc2ccccc2Cl)CCC1.CC1CCCC1=O.NCc1ccccc1Cl. The van der Waals surface area contributed by atoms with Gasteiger partial charge in [0.2, 0.25) is 0 Å². The van der Waals surface area contributed by atoms with Crippen molar-refractivity contribution in [1.29, 1.82) is 0 Å². The van der Waals surface area contributed by atoms with Gasteiger partial charge in [0, 0.05) is 41.2 Å². The summed E-state index contributed by atoms with van der Waals surface area (Å²) in [5, 5.41) is 5.08. The van der Waals surface area contributed by atoms with E-state index in [-0.39, 0.29) is 0 Å². The molecule has 2 aromatic carbocycles. The van der Waals surface area contributed by atoms with Crippen molar-refractivity contribution in [1.82, 2.24) is 5.32 Å². The number of ketones is 1. The second kappa shape index (κ2) is 13.6. The molecule has 0 aliphatic heterocycles. The molecule has 3 nitrogen and oxygen atoms in total. The number of carbonyl (C=O) groups excluding carboxylic acids is 1. The topological polar surface area (TPSA) is 55.1 Å². The third-order valence-corrected chi connectivity index (χ3v) is 6.47. The maximum Gasteiger partial charge on any atom is 0.135 e. The summed E-state index contributed by atoms with van der Waals surface area (Å²) in [6.07, 6.45) is 6.80. The third-order valence-electron chi connectivity index (χ3n) is 5.73. The van der Waals surface area contributed by atoms with Gasteiger partial charge in [0.15, 0.2) is 0 Å². The number of carbonyl (C=O) groups is 1. The molecule has 2 aromatic rings. The highest BCUT2D eigenvalue weighted by Crippen LogP contribution is 2.24. The minimum absolute atomic E-state index is 0.375. The van der Waals surface area contributed by atoms with Crippen LogP contribution in [-0.2, 0) is 17.9 Å². The van der Waals surface area contributed by atoms with E-state index in [1.807, 2.05) is 49.4 Å². The summed E-state index contributed by atoms with van der Waals surface area (Å²) in [5.74, 6) is 0.833. The van der Waals surface area contributed by atoms with Gasteiger partial charge >= 0.3 is 0 Å². The molecule has 0 amide bonds. The van der Waals surface area contributed by atoms with E-state index in [0.717, 1.165) is 41.4 Å². The lowest BCUT2D eigenvalue weighted by Gasteiger charge is -2.09. The van der Waals surface area contributed by atoms with Gasteiger partial charge in [0.25, 0.3) is 0 Å². The zero-order valence-corrected chi connectivity index (χ0v) is 20.1. The summed E-state index contributed by atoms with van der Waals surface area (Å²) in [6, 6.07) is 15.6. The fourth-order valence-corrected chi connectivity index (χ4v) is 4.05. The highest BCUT2D eigenvalue weighted by molar-refractivity contribution is 6.31. The lowest BCUT2D eigenvalue weighted by Crippen LogP contribution is -2.12. The van der Waals surface area contributed by atoms with Crippen molar-refractivity contribution < 1.29 is 4.79 Å². The molecule has 2 aliphatic rings. The molecule has 168 valence electrons. The first-order valence-electron chi connectivity index (χ1n) is 11.0. The zero-order chi connectivity index (χ0) is 22.6. The molecule has 31 heavy (non-hydrogen) atoms. The Kier molecular flexibility index (Phi) is 11.1. The molecule has 4 rings (SSSR count). The number of rotatable bonds is 4. The Morgan fingerprint density at radius 3 is 1.94 bits per heavy atom. The molecule has 0 heterocycles. The van der Waals surface area contributed by atoms with Gasteiger partial charge < -0.3 is 11.1 Å². The van der Waals surface area contributed by atoms with Crippen LogP contribution in [0.3, 0.4) is 0 Å². The lowest BCUT2D eigenvalue weighted by molar-refractivity contribution is -0.120. The Bertz CT molecular complexity index is 879. The number of Topliss-reactive ketones (excluding diaryl/α,β-unsaturated/α-hetero) is 1. The summed E-state index contributed by atoms with van der Waals surface area (Å²) >= 11 is 11.8. The van der Waals surface area contributed by atoms with E-state index in [4.69, 9.17) is 28.9 Å². The number of hydrogen-bond donors (Lipinski definition) is 2. The van der Waals surface area contributed by atoms with E-state index in [9.17, 15) is 4.79 Å². The molecular weight excluding hydrogens is 427 g/mol. The van der Waals surface area contributed by atoms with Crippen LogP contribution >= 0.6 is 23.2 Å². The maximum atomic E-state index is 10.6. The van der Waals surface area contributed by atoms with Crippen LogP contribution in [0.2, 0.25) is 10.0 Å². The number of halogens is 2. The van der Waals surface area contributed by atoms with Gasteiger partial charge in [-0.2, -0.15) is 0 Å². The van der Waals surface area contributed by atoms with Crippen LogP contribution in [0.15, 0.2) is 59.8 Å². The molecule has 0 radical (unpaired) electrons. The second-order valence-electron chi connectivity index (χ2n) is 8.11. The van der Waals surface area contributed by atoms with E-state index >= 15 is 0 Å². The van der Waals surface area contributed by atoms with Crippen LogP contribution in [0.5, 0.6) is 0 Å². The number of nitrogens with one attached hydrogen (secondary N) is 1. The van der Waals surface area contributed by atoms with E-state index in [1.54, 1.807) is 0 Å². The van der Waals surface area contributed by atoms with Crippen molar-refractivity contribution >= 4 is 29.0 Å². The molecule has 5 heteroatoms. The monoisotopic (exact) mass is 460 g/mol. The summed E-state index contributed by atoms with van der Waals surface area (Å²) in [4.78, 5) is 10.6. The van der Waals surface area contributed by atoms with Crippen LogP contribution in [-0.4, -0.2) is 5.78 Å². The number of allylic oxidation sites excluding steroid dienone is 2. The minimum Gasteiger partial charge on any atom is -0.384 e. The molecule has 1 unspecified atom stereocenters. The van der Waals surface area contributed by atoms with Crippen molar-refractivity contribution in [2.75, 3.05) is 0 Å². The highest BCUT2D eigenvalue weighted by atomic mass is 35.5. The van der Waals surface area contributed by atoms with Crippen molar-refractivity contribution in [2.24, 2.45) is 11.7 Å². The van der Waals surface area contributed by atoms with Crippen molar-refractivity contribution in [3.63, 3.8) is 0 Å². The Morgan fingerprint density at radius 1 is 0.935 bits per heavy atom. The first kappa shape index (κ1) is 25.5. The van der Waals surface area contributed by atoms with Crippen LogP contribution in [0.25, 0.3) is 0 Å².